The molecule has 0 spiro atoms. The van der Waals surface area contributed by atoms with E-state index in [-0.39, 0.29) is 0 Å². The Hall–Kier alpha value is -0.460. The van der Waals surface area contributed by atoms with Gasteiger partial charge in [-0.05, 0) is 0 Å². The molecule has 0 aromatic rings. The van der Waals surface area contributed by atoms with Gasteiger partial charge in [0.1, 0.15) is 6.10 Å². The molecule has 0 aromatic carbocycles. The molecule has 1 heterocycles. The maximum absolute atomic E-state index is 5.32. The Morgan fingerprint density at radius 2 is 1.47 bits per heavy atom. The summed E-state index contributed by atoms with van der Waals surface area (Å²) in [4.78, 5) is 0. The minimum absolute atomic E-state index is 0.328. The van der Waals surface area contributed by atoms with Crippen molar-refractivity contribution in [1.29, 1.82) is 0 Å². The van der Waals surface area contributed by atoms with Crippen molar-refractivity contribution >= 4 is 0 Å². The molecule has 0 bridgehead atoms. The minimum atomic E-state index is 0.328. The lowest BCUT2D eigenvalue weighted by molar-refractivity contribution is -0.000699. The first-order valence-electron chi connectivity index (χ1n) is 5.97. The lowest BCUT2D eigenvalue weighted by Crippen LogP contribution is -2.12. The highest BCUT2D eigenvalue weighted by atomic mass is 16.6. The molecule has 0 aromatic heterocycles. The van der Waals surface area contributed by atoms with Crippen LogP contribution in [-0.2, 0) is 23.7 Å². The van der Waals surface area contributed by atoms with Crippen molar-refractivity contribution in [1.82, 2.24) is 0 Å². The number of hydrogen-bond acceptors (Lipinski definition) is 5. The molecule has 0 amide bonds. The zero-order valence-electron chi connectivity index (χ0n) is 10.3. The monoisotopic (exact) mass is 246 g/mol. The maximum Gasteiger partial charge on any atom is 0.104 e. The first-order valence-corrected chi connectivity index (χ1v) is 5.97. The van der Waals surface area contributed by atoms with Gasteiger partial charge in [0.25, 0.3) is 0 Å². The van der Waals surface area contributed by atoms with Crippen LogP contribution in [0.2, 0.25) is 0 Å². The minimum Gasteiger partial charge on any atom is -0.377 e. The summed E-state index contributed by atoms with van der Waals surface area (Å²) in [6.07, 6.45) is 2.05. The normalized spacial score (nSPS) is 18.2. The Morgan fingerprint density at radius 1 is 0.941 bits per heavy atom. The Morgan fingerprint density at radius 3 is 2.00 bits per heavy atom. The van der Waals surface area contributed by atoms with Crippen molar-refractivity contribution in [2.45, 2.75) is 6.10 Å². The third kappa shape index (κ3) is 10.4. The van der Waals surface area contributed by atoms with Gasteiger partial charge >= 0.3 is 0 Å². The topological polar surface area (TPSA) is 49.5 Å². The molecular formula is C12H22O5. The SMILES string of the molecule is C=CCOCCOCCOCCOCC1CO1. The molecule has 1 saturated heterocycles. The van der Waals surface area contributed by atoms with Crippen LogP contribution >= 0.6 is 0 Å². The van der Waals surface area contributed by atoms with Gasteiger partial charge in [0.15, 0.2) is 0 Å². The van der Waals surface area contributed by atoms with E-state index in [4.69, 9.17) is 23.7 Å². The fourth-order valence-electron chi connectivity index (χ4n) is 1.10. The highest BCUT2D eigenvalue weighted by Gasteiger charge is 2.21. The van der Waals surface area contributed by atoms with Crippen LogP contribution in [0, 0.1) is 0 Å². The number of epoxide rings is 1. The Kier molecular flexibility index (Phi) is 9.17. The number of hydrogen-bond donors (Lipinski definition) is 0. The lowest BCUT2D eigenvalue weighted by atomic mass is 10.5. The lowest BCUT2D eigenvalue weighted by Gasteiger charge is -2.06. The van der Waals surface area contributed by atoms with Gasteiger partial charge in [-0.25, -0.2) is 0 Å². The summed E-state index contributed by atoms with van der Waals surface area (Å²) in [5.41, 5.74) is 0. The van der Waals surface area contributed by atoms with Crippen molar-refractivity contribution in [3.8, 4) is 0 Å². The van der Waals surface area contributed by atoms with Gasteiger partial charge in [-0.2, -0.15) is 0 Å². The van der Waals surface area contributed by atoms with E-state index in [9.17, 15) is 0 Å². The maximum atomic E-state index is 5.32. The fraction of sp³-hybridized carbons (Fsp3) is 0.833. The average molecular weight is 246 g/mol. The molecule has 1 unspecified atom stereocenters. The van der Waals surface area contributed by atoms with Crippen molar-refractivity contribution in [2.75, 3.05) is 59.5 Å². The molecule has 0 N–H and O–H groups in total. The smallest absolute Gasteiger partial charge is 0.104 e. The van der Waals surface area contributed by atoms with E-state index < -0.39 is 0 Å². The van der Waals surface area contributed by atoms with E-state index >= 15 is 0 Å². The van der Waals surface area contributed by atoms with Crippen molar-refractivity contribution < 1.29 is 23.7 Å². The fourth-order valence-corrected chi connectivity index (χ4v) is 1.10. The molecule has 1 atom stereocenters. The highest BCUT2D eigenvalue weighted by Crippen LogP contribution is 2.07. The third-order valence-electron chi connectivity index (χ3n) is 2.06. The first kappa shape index (κ1) is 14.6. The van der Waals surface area contributed by atoms with E-state index in [0.717, 1.165) is 6.61 Å². The Labute approximate surface area is 103 Å². The largest absolute Gasteiger partial charge is 0.377 e. The van der Waals surface area contributed by atoms with E-state index in [1.807, 2.05) is 0 Å². The molecule has 0 saturated carbocycles. The van der Waals surface area contributed by atoms with Crippen LogP contribution in [0.5, 0.6) is 0 Å². The summed E-state index contributed by atoms with van der Waals surface area (Å²) < 4.78 is 26.1. The molecule has 0 radical (unpaired) electrons. The second-order valence-corrected chi connectivity index (χ2v) is 3.62. The van der Waals surface area contributed by atoms with Gasteiger partial charge in [-0.15, -0.1) is 6.58 Å². The zero-order chi connectivity index (χ0) is 12.2. The average Bonchev–Trinajstić information content (AvgIpc) is 3.15. The van der Waals surface area contributed by atoms with Crippen LogP contribution in [-0.4, -0.2) is 65.6 Å². The van der Waals surface area contributed by atoms with E-state index in [1.165, 1.54) is 0 Å². The third-order valence-corrected chi connectivity index (χ3v) is 2.06. The van der Waals surface area contributed by atoms with Gasteiger partial charge in [0.2, 0.25) is 0 Å². The van der Waals surface area contributed by atoms with Crippen LogP contribution in [0.4, 0.5) is 0 Å². The van der Waals surface area contributed by atoms with Crippen molar-refractivity contribution in [3.05, 3.63) is 12.7 Å². The second-order valence-electron chi connectivity index (χ2n) is 3.62. The van der Waals surface area contributed by atoms with Crippen LogP contribution in [0.3, 0.4) is 0 Å². The van der Waals surface area contributed by atoms with Crippen LogP contribution in [0.1, 0.15) is 0 Å². The van der Waals surface area contributed by atoms with Crippen molar-refractivity contribution in [3.63, 3.8) is 0 Å². The Bertz CT molecular complexity index is 182. The predicted octanol–water partition coefficient (Wildman–Crippen LogP) is 0.638. The summed E-state index contributed by atoms with van der Waals surface area (Å²) in [7, 11) is 0. The van der Waals surface area contributed by atoms with E-state index in [1.54, 1.807) is 6.08 Å². The standard InChI is InChI=1S/C12H22O5/c1-2-3-13-4-5-14-6-7-15-8-9-16-10-12-11-17-12/h2,12H,1,3-11H2. The molecule has 5 heteroatoms. The first-order chi connectivity index (χ1) is 8.43. The zero-order valence-corrected chi connectivity index (χ0v) is 10.3. The molecular weight excluding hydrogens is 224 g/mol. The summed E-state index contributed by atoms with van der Waals surface area (Å²) in [6.45, 7) is 9.21. The number of rotatable bonds is 13. The highest BCUT2D eigenvalue weighted by molar-refractivity contribution is 4.66. The number of ether oxygens (including phenoxy) is 5. The summed E-state index contributed by atoms with van der Waals surface area (Å²) in [6, 6.07) is 0. The van der Waals surface area contributed by atoms with Gasteiger partial charge in [-0.3, -0.25) is 0 Å². The predicted molar refractivity (Wildman–Crippen MR) is 63.2 cm³/mol. The molecule has 1 rings (SSSR count). The van der Waals surface area contributed by atoms with Crippen molar-refractivity contribution in [2.24, 2.45) is 0 Å². The second kappa shape index (κ2) is 10.7. The van der Waals surface area contributed by atoms with Gasteiger partial charge in [0, 0.05) is 0 Å². The summed E-state index contributed by atoms with van der Waals surface area (Å²) >= 11 is 0. The van der Waals surface area contributed by atoms with E-state index in [0.29, 0.717) is 59.0 Å². The molecule has 1 aliphatic rings. The van der Waals surface area contributed by atoms with Crippen LogP contribution in [0.25, 0.3) is 0 Å². The van der Waals surface area contributed by atoms with Gasteiger partial charge in [-0.1, -0.05) is 6.08 Å². The molecule has 5 nitrogen and oxygen atoms in total. The Balaban J connectivity index is 1.62. The van der Waals surface area contributed by atoms with Gasteiger partial charge < -0.3 is 23.7 Å². The summed E-state index contributed by atoms with van der Waals surface area (Å²) in [5, 5.41) is 0. The molecule has 1 aliphatic heterocycles. The molecule has 0 aliphatic carbocycles. The molecule has 1 fully saturated rings. The quantitative estimate of drug-likeness (QED) is 0.271. The van der Waals surface area contributed by atoms with Gasteiger partial charge in [0.05, 0.1) is 59.5 Å². The molecule has 100 valence electrons. The van der Waals surface area contributed by atoms with Crippen LogP contribution < -0.4 is 0 Å². The molecule has 17 heavy (non-hydrogen) atoms. The summed E-state index contributed by atoms with van der Waals surface area (Å²) in [5.74, 6) is 0. The van der Waals surface area contributed by atoms with E-state index in [2.05, 4.69) is 6.58 Å². The van der Waals surface area contributed by atoms with Crippen LogP contribution in [0.15, 0.2) is 12.7 Å².